The van der Waals surface area contributed by atoms with E-state index < -0.39 is 5.97 Å². The number of benzene rings is 1. The number of hydrogen-bond donors (Lipinski definition) is 1. The van der Waals surface area contributed by atoms with E-state index >= 15 is 0 Å². The molecule has 110 valence electrons. The Morgan fingerprint density at radius 2 is 2.05 bits per heavy atom. The third-order valence-corrected chi connectivity index (χ3v) is 3.80. The van der Waals surface area contributed by atoms with Crippen LogP contribution in [0.3, 0.4) is 0 Å². The second kappa shape index (κ2) is 7.33. The van der Waals surface area contributed by atoms with Gasteiger partial charge >= 0.3 is 5.97 Å². The van der Waals surface area contributed by atoms with Crippen LogP contribution in [0.4, 0.5) is 5.13 Å². The average Bonchev–Trinajstić information content (AvgIpc) is 2.90. The molecule has 0 fully saturated rings. The Kier molecular flexibility index (Phi) is 5.46. The first-order chi connectivity index (χ1) is 10.1. The van der Waals surface area contributed by atoms with Gasteiger partial charge in [-0.25, -0.2) is 9.78 Å². The van der Waals surface area contributed by atoms with Gasteiger partial charge in [-0.05, 0) is 24.6 Å². The number of carbonyl (C=O) groups excluding carboxylic acids is 2. The number of thiazole rings is 1. The van der Waals surface area contributed by atoms with Crippen LogP contribution < -0.4 is 5.32 Å². The summed E-state index contributed by atoms with van der Waals surface area (Å²) in [5.74, 6) is -0.663. The minimum atomic E-state index is -0.484. The normalized spacial score (nSPS) is 10.2. The van der Waals surface area contributed by atoms with Gasteiger partial charge < -0.3 is 10.1 Å². The lowest BCUT2D eigenvalue weighted by atomic mass is 10.1. The molecule has 0 atom stereocenters. The van der Waals surface area contributed by atoms with E-state index in [0.717, 1.165) is 10.0 Å². The lowest BCUT2D eigenvalue weighted by molar-refractivity contribution is -0.115. The molecule has 0 spiro atoms. The summed E-state index contributed by atoms with van der Waals surface area (Å²) < 4.78 is 5.80. The van der Waals surface area contributed by atoms with E-state index in [1.807, 2.05) is 24.3 Å². The summed E-state index contributed by atoms with van der Waals surface area (Å²) in [7, 11) is 0. The number of esters is 1. The van der Waals surface area contributed by atoms with E-state index in [1.165, 1.54) is 11.3 Å². The van der Waals surface area contributed by atoms with Gasteiger partial charge in [0.05, 0.1) is 13.0 Å². The summed E-state index contributed by atoms with van der Waals surface area (Å²) in [4.78, 5) is 27.4. The standard InChI is InChI=1S/C14H13BrN2O3S/c1-2-20-13(19)11-8-21-14(16-11)17-12(18)7-9-3-5-10(15)6-4-9/h3-6,8H,2,7H2,1H3,(H,16,17,18). The van der Waals surface area contributed by atoms with Crippen LogP contribution in [0, 0.1) is 0 Å². The fourth-order valence-corrected chi connectivity index (χ4v) is 2.54. The second-order valence-electron chi connectivity index (χ2n) is 4.11. The quantitative estimate of drug-likeness (QED) is 0.822. The third-order valence-electron chi connectivity index (χ3n) is 2.51. The number of rotatable bonds is 5. The zero-order chi connectivity index (χ0) is 15.2. The van der Waals surface area contributed by atoms with E-state index in [0.29, 0.717) is 11.7 Å². The summed E-state index contributed by atoms with van der Waals surface area (Å²) in [6, 6.07) is 7.50. The van der Waals surface area contributed by atoms with E-state index in [4.69, 9.17) is 4.74 Å². The number of hydrogen-bond acceptors (Lipinski definition) is 5. The molecule has 1 heterocycles. The molecule has 1 amide bonds. The maximum absolute atomic E-state index is 11.9. The molecular formula is C14H13BrN2O3S. The number of ether oxygens (including phenoxy) is 1. The van der Waals surface area contributed by atoms with Crippen molar-refractivity contribution in [2.24, 2.45) is 0 Å². The van der Waals surface area contributed by atoms with Crippen molar-refractivity contribution in [1.29, 1.82) is 0 Å². The first kappa shape index (κ1) is 15.7. The van der Waals surface area contributed by atoms with Gasteiger partial charge in [-0.3, -0.25) is 4.79 Å². The number of carbonyl (C=O) groups is 2. The fourth-order valence-electron chi connectivity index (χ4n) is 1.58. The Balaban J connectivity index is 1.93. The third kappa shape index (κ3) is 4.64. The molecule has 1 aromatic heterocycles. The fraction of sp³-hybridized carbons (Fsp3) is 0.214. The molecule has 5 nitrogen and oxygen atoms in total. The molecule has 1 N–H and O–H groups in total. The predicted molar refractivity (Wildman–Crippen MR) is 84.5 cm³/mol. The van der Waals surface area contributed by atoms with Crippen molar-refractivity contribution < 1.29 is 14.3 Å². The molecule has 0 saturated carbocycles. The van der Waals surface area contributed by atoms with Crippen LogP contribution >= 0.6 is 27.3 Å². The molecule has 0 radical (unpaired) electrons. The Bertz CT molecular complexity index is 640. The van der Waals surface area contributed by atoms with Crippen LogP contribution in [0.2, 0.25) is 0 Å². The van der Waals surface area contributed by atoms with Crippen LogP contribution in [0.15, 0.2) is 34.1 Å². The van der Waals surface area contributed by atoms with Gasteiger partial charge in [0.2, 0.25) is 5.91 Å². The largest absolute Gasteiger partial charge is 0.461 e. The zero-order valence-electron chi connectivity index (χ0n) is 11.3. The van der Waals surface area contributed by atoms with Crippen molar-refractivity contribution in [3.63, 3.8) is 0 Å². The molecular weight excluding hydrogens is 356 g/mol. The molecule has 1 aromatic carbocycles. The lowest BCUT2D eigenvalue weighted by Gasteiger charge is -2.02. The van der Waals surface area contributed by atoms with Gasteiger partial charge in [0.15, 0.2) is 10.8 Å². The van der Waals surface area contributed by atoms with Crippen molar-refractivity contribution >= 4 is 44.3 Å². The summed E-state index contributed by atoms with van der Waals surface area (Å²) >= 11 is 4.54. The first-order valence-corrected chi connectivity index (χ1v) is 7.92. The Hall–Kier alpha value is -1.73. The number of nitrogens with one attached hydrogen (secondary N) is 1. The molecule has 2 rings (SSSR count). The molecule has 7 heteroatoms. The van der Waals surface area contributed by atoms with Crippen molar-refractivity contribution in [1.82, 2.24) is 4.98 Å². The first-order valence-electron chi connectivity index (χ1n) is 6.25. The number of amides is 1. The van der Waals surface area contributed by atoms with Crippen LogP contribution in [-0.4, -0.2) is 23.5 Å². The maximum atomic E-state index is 11.9. The highest BCUT2D eigenvalue weighted by atomic mass is 79.9. The Morgan fingerprint density at radius 1 is 1.33 bits per heavy atom. The Labute approximate surface area is 134 Å². The highest BCUT2D eigenvalue weighted by molar-refractivity contribution is 9.10. The zero-order valence-corrected chi connectivity index (χ0v) is 13.7. The average molecular weight is 369 g/mol. The molecule has 0 unspecified atom stereocenters. The van der Waals surface area contributed by atoms with Crippen LogP contribution in [0.25, 0.3) is 0 Å². The highest BCUT2D eigenvalue weighted by Crippen LogP contribution is 2.17. The second-order valence-corrected chi connectivity index (χ2v) is 5.88. The van der Waals surface area contributed by atoms with E-state index in [-0.39, 0.29) is 18.0 Å². The molecule has 21 heavy (non-hydrogen) atoms. The molecule has 0 aliphatic carbocycles. The summed E-state index contributed by atoms with van der Waals surface area (Å²) in [5, 5.41) is 4.62. The van der Waals surface area contributed by atoms with Gasteiger partial charge in [0.25, 0.3) is 0 Å². The van der Waals surface area contributed by atoms with Gasteiger partial charge in [-0.2, -0.15) is 0 Å². The van der Waals surface area contributed by atoms with E-state index in [1.54, 1.807) is 12.3 Å². The molecule has 0 bridgehead atoms. The van der Waals surface area contributed by atoms with Crippen molar-refractivity contribution in [2.45, 2.75) is 13.3 Å². The van der Waals surface area contributed by atoms with Gasteiger partial charge in [0.1, 0.15) is 0 Å². The minimum absolute atomic E-state index is 0.179. The molecule has 0 aliphatic heterocycles. The number of nitrogens with zero attached hydrogens (tertiary/aromatic N) is 1. The smallest absolute Gasteiger partial charge is 0.357 e. The lowest BCUT2D eigenvalue weighted by Crippen LogP contribution is -2.14. The summed E-state index contributed by atoms with van der Waals surface area (Å²) in [6.07, 6.45) is 0.252. The number of halogens is 1. The monoisotopic (exact) mass is 368 g/mol. The minimum Gasteiger partial charge on any atom is -0.461 e. The number of anilines is 1. The van der Waals surface area contributed by atoms with Gasteiger partial charge in [-0.15, -0.1) is 11.3 Å². The Morgan fingerprint density at radius 3 is 2.71 bits per heavy atom. The molecule has 2 aromatic rings. The van der Waals surface area contributed by atoms with Crippen LogP contribution in [0.1, 0.15) is 23.0 Å². The van der Waals surface area contributed by atoms with Crippen LogP contribution in [0.5, 0.6) is 0 Å². The maximum Gasteiger partial charge on any atom is 0.357 e. The molecule has 0 aliphatic rings. The number of aromatic nitrogens is 1. The summed E-state index contributed by atoms with van der Waals surface area (Å²) in [6.45, 7) is 2.02. The topological polar surface area (TPSA) is 68.3 Å². The molecule has 0 saturated heterocycles. The SMILES string of the molecule is CCOC(=O)c1csc(NC(=O)Cc2ccc(Br)cc2)n1. The van der Waals surface area contributed by atoms with Crippen LogP contribution in [-0.2, 0) is 16.0 Å². The van der Waals surface area contributed by atoms with Crippen molar-refractivity contribution in [2.75, 3.05) is 11.9 Å². The van der Waals surface area contributed by atoms with E-state index in [9.17, 15) is 9.59 Å². The van der Waals surface area contributed by atoms with E-state index in [2.05, 4.69) is 26.2 Å². The van der Waals surface area contributed by atoms with Gasteiger partial charge in [0, 0.05) is 9.85 Å². The van der Waals surface area contributed by atoms with Crippen molar-refractivity contribution in [3.8, 4) is 0 Å². The van der Waals surface area contributed by atoms with Gasteiger partial charge in [-0.1, -0.05) is 28.1 Å². The summed E-state index contributed by atoms with van der Waals surface area (Å²) in [5.41, 5.74) is 1.11. The highest BCUT2D eigenvalue weighted by Gasteiger charge is 2.13. The predicted octanol–water partition coefficient (Wildman–Crippen LogP) is 3.26. The van der Waals surface area contributed by atoms with Crippen molar-refractivity contribution in [3.05, 3.63) is 45.4 Å².